The van der Waals surface area contributed by atoms with Crippen molar-refractivity contribution in [2.24, 2.45) is 0 Å². The second-order valence-electron chi connectivity index (χ2n) is 4.46. The van der Waals surface area contributed by atoms with Crippen LogP contribution in [-0.2, 0) is 11.3 Å². The number of hydrogen-bond acceptors (Lipinski definition) is 5. The van der Waals surface area contributed by atoms with Crippen LogP contribution in [0.2, 0.25) is 0 Å². The Morgan fingerprint density at radius 2 is 1.95 bits per heavy atom. The van der Waals surface area contributed by atoms with Crippen molar-refractivity contribution in [1.29, 1.82) is 0 Å². The molecule has 1 aromatic heterocycles. The van der Waals surface area contributed by atoms with E-state index < -0.39 is 0 Å². The average molecular weight is 311 g/mol. The fourth-order valence-electron chi connectivity index (χ4n) is 1.64. The predicted molar refractivity (Wildman–Crippen MR) is 82.2 cm³/mol. The van der Waals surface area contributed by atoms with Gasteiger partial charge < -0.3 is 10.6 Å². The molecule has 0 saturated heterocycles. The number of benzene rings is 1. The van der Waals surface area contributed by atoms with Crippen molar-refractivity contribution >= 4 is 18.3 Å². The highest BCUT2D eigenvalue weighted by atomic mass is 35.5. The zero-order chi connectivity index (χ0) is 14.4. The summed E-state index contributed by atoms with van der Waals surface area (Å²) in [6, 6.07) is 7.84. The Bertz CT molecular complexity index is 568. The molecule has 2 N–H and O–H groups in total. The molecule has 0 saturated carbocycles. The number of rotatable bonds is 6. The molecule has 0 unspecified atom stereocenters. The van der Waals surface area contributed by atoms with Crippen LogP contribution < -0.4 is 10.6 Å². The lowest BCUT2D eigenvalue weighted by molar-refractivity contribution is -0.122. The summed E-state index contributed by atoms with van der Waals surface area (Å²) in [7, 11) is 1.83. The summed E-state index contributed by atoms with van der Waals surface area (Å²) in [4.78, 5) is 12.9. The van der Waals surface area contributed by atoms with Gasteiger partial charge in [0.1, 0.15) is 6.54 Å². The van der Waals surface area contributed by atoms with E-state index in [-0.39, 0.29) is 24.9 Å². The number of carbonyl (C=O) groups is 1. The van der Waals surface area contributed by atoms with E-state index in [0.717, 1.165) is 12.1 Å². The summed E-state index contributed by atoms with van der Waals surface area (Å²) < 4.78 is 0. The number of nitrogens with zero attached hydrogens (tertiary/aromatic N) is 4. The van der Waals surface area contributed by atoms with Gasteiger partial charge in [-0.05, 0) is 19.2 Å². The molecule has 2 aromatic rings. The summed E-state index contributed by atoms with van der Waals surface area (Å²) in [5.41, 5.74) is 2.06. The van der Waals surface area contributed by atoms with Crippen LogP contribution in [0.25, 0.3) is 11.4 Å². The van der Waals surface area contributed by atoms with Crippen LogP contribution in [0.1, 0.15) is 5.56 Å². The van der Waals surface area contributed by atoms with E-state index in [9.17, 15) is 4.79 Å². The van der Waals surface area contributed by atoms with Crippen LogP contribution in [0.15, 0.2) is 24.3 Å². The number of aryl methyl sites for hydroxylation is 1. The van der Waals surface area contributed by atoms with Gasteiger partial charge in [0.25, 0.3) is 0 Å². The summed E-state index contributed by atoms with van der Waals surface area (Å²) in [6.07, 6.45) is 0. The number of nitrogens with one attached hydrogen (secondary N) is 2. The van der Waals surface area contributed by atoms with Crippen molar-refractivity contribution in [1.82, 2.24) is 30.8 Å². The predicted octanol–water partition coefficient (Wildman–Crippen LogP) is 0.406. The Kier molecular flexibility index (Phi) is 6.77. The minimum absolute atomic E-state index is 0. The van der Waals surface area contributed by atoms with Gasteiger partial charge in [-0.25, -0.2) is 0 Å². The largest absolute Gasteiger partial charge is 0.353 e. The van der Waals surface area contributed by atoms with Gasteiger partial charge in [0.15, 0.2) is 0 Å². The molecule has 0 bridgehead atoms. The van der Waals surface area contributed by atoms with E-state index in [1.807, 2.05) is 38.2 Å². The second-order valence-corrected chi connectivity index (χ2v) is 4.46. The van der Waals surface area contributed by atoms with Gasteiger partial charge in [-0.2, -0.15) is 4.80 Å². The molecular formula is C13H19ClN6O. The summed E-state index contributed by atoms with van der Waals surface area (Å²) in [6.45, 7) is 3.39. The van der Waals surface area contributed by atoms with E-state index in [2.05, 4.69) is 26.0 Å². The fourth-order valence-corrected chi connectivity index (χ4v) is 1.64. The normalized spacial score (nSPS) is 10.0. The molecule has 2 rings (SSSR count). The molecule has 21 heavy (non-hydrogen) atoms. The lowest BCUT2D eigenvalue weighted by atomic mass is 10.1. The highest BCUT2D eigenvalue weighted by Gasteiger charge is 2.08. The highest BCUT2D eigenvalue weighted by Crippen LogP contribution is 2.13. The number of likely N-dealkylation sites (N-methyl/N-ethyl adjacent to an activating group) is 1. The standard InChI is InChI=1S/C13H18N6O.ClH/c1-10-3-5-11(6-4-10)13-16-18-19(17-13)9-12(20)15-8-7-14-2;/h3-6,14H,7-9H2,1-2H3,(H,15,20);1H. The number of amides is 1. The SMILES string of the molecule is CNCCNC(=O)Cn1nnc(-c2ccc(C)cc2)n1.Cl. The maximum Gasteiger partial charge on any atom is 0.243 e. The van der Waals surface area contributed by atoms with Crippen molar-refractivity contribution in [3.05, 3.63) is 29.8 Å². The molecule has 0 aliphatic carbocycles. The minimum Gasteiger partial charge on any atom is -0.353 e. The average Bonchev–Trinajstić information content (AvgIpc) is 2.88. The molecule has 0 radical (unpaired) electrons. The third-order valence-electron chi connectivity index (χ3n) is 2.74. The first kappa shape index (κ1) is 17.1. The molecule has 0 aliphatic heterocycles. The molecule has 114 valence electrons. The van der Waals surface area contributed by atoms with Gasteiger partial charge in [0, 0.05) is 18.7 Å². The number of hydrogen-bond donors (Lipinski definition) is 2. The topological polar surface area (TPSA) is 84.7 Å². The third kappa shape index (κ3) is 5.13. The van der Waals surface area contributed by atoms with E-state index >= 15 is 0 Å². The van der Waals surface area contributed by atoms with Gasteiger partial charge >= 0.3 is 0 Å². The Balaban J connectivity index is 0.00000220. The lowest BCUT2D eigenvalue weighted by Crippen LogP contribution is -2.33. The van der Waals surface area contributed by atoms with Gasteiger partial charge in [-0.15, -0.1) is 22.6 Å². The molecule has 1 amide bonds. The van der Waals surface area contributed by atoms with Gasteiger partial charge in [0.05, 0.1) is 0 Å². The van der Waals surface area contributed by atoms with Crippen molar-refractivity contribution < 1.29 is 4.79 Å². The zero-order valence-electron chi connectivity index (χ0n) is 12.0. The molecule has 1 aromatic carbocycles. The van der Waals surface area contributed by atoms with Crippen LogP contribution >= 0.6 is 12.4 Å². The fraction of sp³-hybridized carbons (Fsp3) is 0.385. The van der Waals surface area contributed by atoms with Crippen LogP contribution in [0, 0.1) is 6.92 Å². The van der Waals surface area contributed by atoms with Gasteiger partial charge in [-0.1, -0.05) is 29.8 Å². The Hall–Kier alpha value is -1.99. The molecule has 8 heteroatoms. The molecule has 0 atom stereocenters. The maximum atomic E-state index is 11.6. The third-order valence-corrected chi connectivity index (χ3v) is 2.74. The highest BCUT2D eigenvalue weighted by molar-refractivity contribution is 5.85. The van der Waals surface area contributed by atoms with Crippen LogP contribution in [0.4, 0.5) is 0 Å². The first-order valence-corrected chi connectivity index (χ1v) is 6.45. The van der Waals surface area contributed by atoms with E-state index in [1.54, 1.807) is 0 Å². The molecule has 1 heterocycles. The quantitative estimate of drug-likeness (QED) is 0.755. The number of carbonyl (C=O) groups excluding carboxylic acids is 1. The Labute approximate surface area is 129 Å². The van der Waals surface area contributed by atoms with Crippen LogP contribution in [0.3, 0.4) is 0 Å². The second kappa shape index (κ2) is 8.33. The van der Waals surface area contributed by atoms with Crippen molar-refractivity contribution in [3.63, 3.8) is 0 Å². The van der Waals surface area contributed by atoms with Crippen LogP contribution in [-0.4, -0.2) is 46.3 Å². The van der Waals surface area contributed by atoms with E-state index in [0.29, 0.717) is 12.4 Å². The van der Waals surface area contributed by atoms with Crippen molar-refractivity contribution in [2.45, 2.75) is 13.5 Å². The summed E-state index contributed by atoms with van der Waals surface area (Å²) in [5, 5.41) is 17.7. The number of tetrazole rings is 1. The number of halogens is 1. The van der Waals surface area contributed by atoms with Crippen LogP contribution in [0.5, 0.6) is 0 Å². The summed E-state index contributed by atoms with van der Waals surface area (Å²) >= 11 is 0. The van der Waals surface area contributed by atoms with Gasteiger partial charge in [0.2, 0.25) is 11.7 Å². The Morgan fingerprint density at radius 1 is 1.24 bits per heavy atom. The molecule has 0 spiro atoms. The summed E-state index contributed by atoms with van der Waals surface area (Å²) in [5.74, 6) is 0.390. The molecular weight excluding hydrogens is 292 g/mol. The first-order valence-electron chi connectivity index (χ1n) is 6.45. The monoisotopic (exact) mass is 310 g/mol. The van der Waals surface area contributed by atoms with E-state index in [1.165, 1.54) is 10.4 Å². The van der Waals surface area contributed by atoms with Gasteiger partial charge in [-0.3, -0.25) is 4.79 Å². The minimum atomic E-state index is -0.131. The molecule has 0 fully saturated rings. The smallest absolute Gasteiger partial charge is 0.243 e. The van der Waals surface area contributed by atoms with Crippen molar-refractivity contribution in [2.75, 3.05) is 20.1 Å². The first-order chi connectivity index (χ1) is 9.69. The van der Waals surface area contributed by atoms with Crippen molar-refractivity contribution in [3.8, 4) is 11.4 Å². The molecule has 7 nitrogen and oxygen atoms in total. The lowest BCUT2D eigenvalue weighted by Gasteiger charge is -2.03. The maximum absolute atomic E-state index is 11.6. The zero-order valence-corrected chi connectivity index (χ0v) is 12.9. The van der Waals surface area contributed by atoms with E-state index in [4.69, 9.17) is 0 Å². The number of aromatic nitrogens is 4. The Morgan fingerprint density at radius 3 is 2.62 bits per heavy atom. The molecule has 0 aliphatic rings.